The smallest absolute Gasteiger partial charge is 0.224 e. The van der Waals surface area contributed by atoms with Gasteiger partial charge in [-0.05, 0) is 36.8 Å². The van der Waals surface area contributed by atoms with Crippen molar-refractivity contribution in [3.05, 3.63) is 89.0 Å². The second kappa shape index (κ2) is 8.83. The highest BCUT2D eigenvalue weighted by atomic mass is 16.5. The zero-order valence-electron chi connectivity index (χ0n) is 17.0. The third-order valence-electron chi connectivity index (χ3n) is 5.10. The number of hydrogen-bond donors (Lipinski definition) is 1. The van der Waals surface area contributed by atoms with Crippen LogP contribution < -0.4 is 14.8 Å². The van der Waals surface area contributed by atoms with E-state index in [0.29, 0.717) is 41.2 Å². The number of hydrogen-bond acceptors (Lipinski definition) is 5. The molecule has 0 radical (unpaired) electrons. The molecule has 0 aromatic heterocycles. The van der Waals surface area contributed by atoms with Crippen molar-refractivity contribution < 1.29 is 23.9 Å². The Morgan fingerprint density at radius 1 is 0.806 bits per heavy atom. The van der Waals surface area contributed by atoms with Gasteiger partial charge in [0.05, 0.1) is 25.0 Å². The van der Waals surface area contributed by atoms with Gasteiger partial charge in [0, 0.05) is 23.1 Å². The van der Waals surface area contributed by atoms with Crippen LogP contribution in [0.4, 0.5) is 5.69 Å². The first-order valence-electron chi connectivity index (χ1n) is 9.96. The standard InChI is InChI=1S/C25H21NO5/c1-30-16-11-13-17(14-12-16)31-15-5-10-22(27)26-21-9-4-8-20-23(21)25(29)19-7-3-2-6-18(19)24(20)28/h2-4,6-9,11-14H,5,10,15H2,1H3,(H,26,27). The predicted molar refractivity (Wildman–Crippen MR) is 116 cm³/mol. The van der Waals surface area contributed by atoms with E-state index in [1.54, 1.807) is 73.8 Å². The molecule has 4 rings (SSSR count). The quantitative estimate of drug-likeness (QED) is 0.456. The average molecular weight is 415 g/mol. The van der Waals surface area contributed by atoms with E-state index < -0.39 is 0 Å². The Hall–Kier alpha value is -3.93. The van der Waals surface area contributed by atoms with Crippen LogP contribution in [0.5, 0.6) is 11.5 Å². The second-order valence-electron chi connectivity index (χ2n) is 7.11. The lowest BCUT2D eigenvalue weighted by Gasteiger charge is -2.20. The van der Waals surface area contributed by atoms with E-state index in [9.17, 15) is 14.4 Å². The number of methoxy groups -OCH3 is 1. The third-order valence-corrected chi connectivity index (χ3v) is 5.10. The molecular weight excluding hydrogens is 394 g/mol. The number of anilines is 1. The van der Waals surface area contributed by atoms with Crippen LogP contribution in [0.2, 0.25) is 0 Å². The number of benzene rings is 3. The lowest BCUT2D eigenvalue weighted by molar-refractivity contribution is -0.116. The fraction of sp³-hybridized carbons (Fsp3) is 0.160. The van der Waals surface area contributed by atoms with Gasteiger partial charge in [0.15, 0.2) is 11.6 Å². The van der Waals surface area contributed by atoms with Gasteiger partial charge in [-0.15, -0.1) is 0 Å². The molecule has 0 saturated carbocycles. The molecule has 3 aromatic rings. The molecule has 1 N–H and O–H groups in total. The molecule has 1 aliphatic rings. The molecule has 6 nitrogen and oxygen atoms in total. The average Bonchev–Trinajstić information content (AvgIpc) is 2.80. The molecular formula is C25H21NO5. The molecule has 1 amide bonds. The van der Waals surface area contributed by atoms with Crippen molar-refractivity contribution in [2.75, 3.05) is 19.0 Å². The van der Waals surface area contributed by atoms with Gasteiger partial charge >= 0.3 is 0 Å². The van der Waals surface area contributed by atoms with Crippen molar-refractivity contribution in [1.29, 1.82) is 0 Å². The van der Waals surface area contributed by atoms with Crippen LogP contribution in [-0.2, 0) is 4.79 Å². The number of fused-ring (bicyclic) bond motifs is 2. The number of carbonyl (C=O) groups is 3. The highest BCUT2D eigenvalue weighted by Crippen LogP contribution is 2.32. The topological polar surface area (TPSA) is 81.7 Å². The number of ether oxygens (including phenoxy) is 2. The van der Waals surface area contributed by atoms with Crippen LogP contribution >= 0.6 is 0 Å². The Morgan fingerprint density at radius 2 is 1.45 bits per heavy atom. The van der Waals surface area contributed by atoms with Crippen LogP contribution in [0.3, 0.4) is 0 Å². The van der Waals surface area contributed by atoms with Crippen molar-refractivity contribution in [3.8, 4) is 11.5 Å². The van der Waals surface area contributed by atoms with Gasteiger partial charge in [-0.25, -0.2) is 0 Å². The molecule has 0 atom stereocenters. The van der Waals surface area contributed by atoms with Crippen molar-refractivity contribution in [2.45, 2.75) is 12.8 Å². The van der Waals surface area contributed by atoms with Gasteiger partial charge in [0.1, 0.15) is 11.5 Å². The summed E-state index contributed by atoms with van der Waals surface area (Å²) < 4.78 is 10.7. The van der Waals surface area contributed by atoms with Crippen molar-refractivity contribution >= 4 is 23.2 Å². The highest BCUT2D eigenvalue weighted by molar-refractivity contribution is 6.30. The SMILES string of the molecule is COc1ccc(OCCCC(=O)Nc2cccc3c2C(=O)c2ccccc2C3=O)cc1. The van der Waals surface area contributed by atoms with Gasteiger partial charge in [0.2, 0.25) is 5.91 Å². The molecule has 1 aliphatic carbocycles. The molecule has 156 valence electrons. The zero-order valence-corrected chi connectivity index (χ0v) is 17.0. The summed E-state index contributed by atoms with van der Waals surface area (Å²) in [6.45, 7) is 0.372. The van der Waals surface area contributed by atoms with Crippen molar-refractivity contribution in [2.24, 2.45) is 0 Å². The van der Waals surface area contributed by atoms with E-state index in [1.165, 1.54) is 0 Å². The monoisotopic (exact) mass is 415 g/mol. The summed E-state index contributed by atoms with van der Waals surface area (Å²) in [7, 11) is 1.60. The summed E-state index contributed by atoms with van der Waals surface area (Å²) in [6, 6.07) is 18.9. The third kappa shape index (κ3) is 4.19. The van der Waals surface area contributed by atoms with Crippen LogP contribution in [0, 0.1) is 0 Å². The zero-order chi connectivity index (χ0) is 21.8. The van der Waals surface area contributed by atoms with Gasteiger partial charge in [-0.3, -0.25) is 14.4 Å². The molecule has 31 heavy (non-hydrogen) atoms. The molecule has 0 aliphatic heterocycles. The molecule has 0 unspecified atom stereocenters. The van der Waals surface area contributed by atoms with Gasteiger partial charge < -0.3 is 14.8 Å². The first-order chi connectivity index (χ1) is 15.1. The summed E-state index contributed by atoms with van der Waals surface area (Å²) in [5, 5.41) is 2.78. The van der Waals surface area contributed by atoms with E-state index >= 15 is 0 Å². The van der Waals surface area contributed by atoms with E-state index in [4.69, 9.17) is 9.47 Å². The number of rotatable bonds is 7. The lowest BCUT2D eigenvalue weighted by atomic mass is 9.83. The molecule has 0 saturated heterocycles. The van der Waals surface area contributed by atoms with Crippen molar-refractivity contribution in [3.63, 3.8) is 0 Å². The minimum atomic E-state index is -0.260. The van der Waals surface area contributed by atoms with Crippen LogP contribution in [0.25, 0.3) is 0 Å². The number of nitrogens with one attached hydrogen (secondary N) is 1. The fourth-order valence-corrected chi connectivity index (χ4v) is 3.56. The van der Waals surface area contributed by atoms with Gasteiger partial charge in [0.25, 0.3) is 0 Å². The Kier molecular flexibility index (Phi) is 5.80. The van der Waals surface area contributed by atoms with E-state index in [-0.39, 0.29) is 29.5 Å². The minimum Gasteiger partial charge on any atom is -0.497 e. The highest BCUT2D eigenvalue weighted by Gasteiger charge is 2.31. The number of carbonyl (C=O) groups excluding carboxylic acids is 3. The first-order valence-corrected chi connectivity index (χ1v) is 9.96. The van der Waals surface area contributed by atoms with Crippen LogP contribution in [-0.4, -0.2) is 31.2 Å². The normalized spacial score (nSPS) is 12.0. The lowest BCUT2D eigenvalue weighted by Crippen LogP contribution is -2.24. The summed E-state index contributed by atoms with van der Waals surface area (Å²) in [4.78, 5) is 38.2. The maximum atomic E-state index is 13.0. The first kappa shape index (κ1) is 20.3. The largest absolute Gasteiger partial charge is 0.497 e. The van der Waals surface area contributed by atoms with Crippen LogP contribution in [0.15, 0.2) is 66.7 Å². The Morgan fingerprint density at radius 3 is 2.16 bits per heavy atom. The van der Waals surface area contributed by atoms with E-state index in [0.717, 1.165) is 5.75 Å². The molecule has 0 bridgehead atoms. The summed E-state index contributed by atoms with van der Waals surface area (Å²) in [5.41, 5.74) is 1.65. The summed E-state index contributed by atoms with van der Waals surface area (Å²) in [5.74, 6) is 0.721. The van der Waals surface area contributed by atoms with Gasteiger partial charge in [-0.2, -0.15) is 0 Å². The number of amides is 1. The Bertz CT molecular complexity index is 1150. The summed E-state index contributed by atoms with van der Waals surface area (Å²) in [6.07, 6.45) is 0.723. The second-order valence-corrected chi connectivity index (χ2v) is 7.11. The Labute approximate surface area is 179 Å². The molecule has 0 fully saturated rings. The molecule has 3 aromatic carbocycles. The predicted octanol–water partition coefficient (Wildman–Crippen LogP) is 4.27. The van der Waals surface area contributed by atoms with E-state index in [2.05, 4.69) is 5.32 Å². The maximum Gasteiger partial charge on any atom is 0.224 e. The molecule has 0 heterocycles. The fourth-order valence-electron chi connectivity index (χ4n) is 3.56. The molecule has 6 heteroatoms. The van der Waals surface area contributed by atoms with Crippen LogP contribution in [0.1, 0.15) is 44.7 Å². The van der Waals surface area contributed by atoms with Gasteiger partial charge in [-0.1, -0.05) is 36.4 Å². The Balaban J connectivity index is 1.39. The maximum absolute atomic E-state index is 13.0. The van der Waals surface area contributed by atoms with E-state index in [1.807, 2.05) is 0 Å². The molecule has 0 spiro atoms. The minimum absolute atomic E-state index is 0.214. The van der Waals surface area contributed by atoms with Crippen molar-refractivity contribution in [1.82, 2.24) is 0 Å². The number of ketones is 2. The summed E-state index contributed by atoms with van der Waals surface area (Å²) >= 11 is 0.